The number of non-ortho nitro benzene ring substituents is 1. The summed E-state index contributed by atoms with van der Waals surface area (Å²) < 4.78 is 0. The van der Waals surface area contributed by atoms with Crippen molar-refractivity contribution in [2.45, 2.75) is 12.8 Å². The zero-order valence-corrected chi connectivity index (χ0v) is 12.9. The van der Waals surface area contributed by atoms with Gasteiger partial charge in [0.2, 0.25) is 0 Å². The average Bonchev–Trinajstić information content (AvgIpc) is 2.58. The van der Waals surface area contributed by atoms with Crippen molar-refractivity contribution in [3.8, 4) is 0 Å². The Morgan fingerprint density at radius 3 is 1.96 bits per heavy atom. The van der Waals surface area contributed by atoms with Crippen molar-refractivity contribution in [2.75, 3.05) is 0 Å². The third-order valence-corrected chi connectivity index (χ3v) is 3.56. The van der Waals surface area contributed by atoms with E-state index >= 15 is 0 Å². The van der Waals surface area contributed by atoms with Gasteiger partial charge < -0.3 is 0 Å². The average molecular weight is 361 g/mol. The molecule has 0 aliphatic heterocycles. The van der Waals surface area contributed by atoms with Gasteiger partial charge in [-0.3, -0.25) is 40.5 Å². The van der Waals surface area contributed by atoms with Gasteiger partial charge in [0.25, 0.3) is 22.7 Å². The third-order valence-electron chi connectivity index (χ3n) is 3.56. The monoisotopic (exact) mass is 361 g/mol. The van der Waals surface area contributed by atoms with Crippen LogP contribution in [0.4, 0.5) is 22.7 Å². The molecule has 0 bridgehead atoms. The van der Waals surface area contributed by atoms with Crippen LogP contribution >= 0.6 is 0 Å². The summed E-state index contributed by atoms with van der Waals surface area (Å²) in [6.45, 7) is 0. The predicted octanol–water partition coefficient (Wildman–Crippen LogP) is 2.90. The maximum Gasteiger partial charge on any atom is 0.287 e. The van der Waals surface area contributed by atoms with E-state index in [1.807, 2.05) is 0 Å². The van der Waals surface area contributed by atoms with Gasteiger partial charge in [0, 0.05) is 17.7 Å². The normalized spacial score (nSPS) is 10.3. The quantitative estimate of drug-likeness (QED) is 0.534. The van der Waals surface area contributed by atoms with Crippen LogP contribution in [0.3, 0.4) is 0 Å². The van der Waals surface area contributed by atoms with Gasteiger partial charge in [-0.25, -0.2) is 0 Å². The SMILES string of the molecule is O=[N+]([O-])c1ccc(CCc2c([N+](=O)[O-])[c]ccc2[N+](=O)[O-])c([N+](=O)[O-])c1. The molecule has 133 valence electrons. The van der Waals surface area contributed by atoms with Crippen molar-refractivity contribution in [3.05, 3.63) is 88.0 Å². The topological polar surface area (TPSA) is 173 Å². The second-order valence-electron chi connectivity index (χ2n) is 5.03. The summed E-state index contributed by atoms with van der Waals surface area (Å²) in [5.41, 5.74) is -2.28. The smallest absolute Gasteiger partial charge is 0.258 e. The molecule has 26 heavy (non-hydrogen) atoms. The number of benzene rings is 2. The minimum Gasteiger partial charge on any atom is -0.258 e. The van der Waals surface area contributed by atoms with Gasteiger partial charge in [-0.15, -0.1) is 0 Å². The van der Waals surface area contributed by atoms with Crippen LogP contribution in [0.15, 0.2) is 30.3 Å². The van der Waals surface area contributed by atoms with E-state index in [1.165, 1.54) is 0 Å². The Hall–Kier alpha value is -3.96. The number of rotatable bonds is 7. The Kier molecular flexibility index (Phi) is 5.15. The molecule has 2 rings (SSSR count). The molecule has 0 spiro atoms. The molecule has 0 heterocycles. The Morgan fingerprint density at radius 1 is 0.769 bits per heavy atom. The Morgan fingerprint density at radius 2 is 1.42 bits per heavy atom. The van der Waals surface area contributed by atoms with Gasteiger partial charge in [-0.05, 0) is 25.0 Å². The Bertz CT molecular complexity index is 895. The predicted molar refractivity (Wildman–Crippen MR) is 85.7 cm³/mol. The highest BCUT2D eigenvalue weighted by atomic mass is 16.6. The number of hydrogen-bond donors (Lipinski definition) is 0. The summed E-state index contributed by atoms with van der Waals surface area (Å²) >= 11 is 0. The Labute approximate surface area is 144 Å². The molecule has 12 nitrogen and oxygen atoms in total. The summed E-state index contributed by atoms with van der Waals surface area (Å²) in [4.78, 5) is 40.8. The van der Waals surface area contributed by atoms with Gasteiger partial charge in [0.1, 0.15) is 5.56 Å². The van der Waals surface area contributed by atoms with Gasteiger partial charge in [0.15, 0.2) is 0 Å². The molecule has 2 aromatic rings. The second kappa shape index (κ2) is 7.29. The lowest BCUT2D eigenvalue weighted by Gasteiger charge is -2.05. The number of nitro groups is 4. The maximum absolute atomic E-state index is 11.1. The molecule has 12 heteroatoms. The van der Waals surface area contributed by atoms with Crippen LogP contribution in [0, 0.1) is 46.5 Å². The Balaban J connectivity index is 2.43. The van der Waals surface area contributed by atoms with Crippen LogP contribution in [0.5, 0.6) is 0 Å². The standard InChI is InChI=1S/C14H9N4O8/c19-15(20)10-6-4-9(14(8-10)18(25)26)5-7-11-12(16(21)22)2-1-3-13(11)17(23)24/h1-2,4,6,8H,5,7H2. The van der Waals surface area contributed by atoms with Crippen molar-refractivity contribution < 1.29 is 19.7 Å². The summed E-state index contributed by atoms with van der Waals surface area (Å²) in [6, 6.07) is 7.38. The molecule has 0 fully saturated rings. The van der Waals surface area contributed by atoms with E-state index in [0.29, 0.717) is 0 Å². The molecule has 0 atom stereocenters. The molecule has 0 aliphatic carbocycles. The third kappa shape index (κ3) is 3.75. The first kappa shape index (κ1) is 18.4. The van der Waals surface area contributed by atoms with Gasteiger partial charge in [-0.2, -0.15) is 0 Å². The minimum atomic E-state index is -0.827. The largest absolute Gasteiger partial charge is 0.287 e. The molecule has 0 N–H and O–H groups in total. The lowest BCUT2D eigenvalue weighted by molar-refractivity contribution is -0.396. The van der Waals surface area contributed by atoms with Crippen LogP contribution in [-0.2, 0) is 12.8 Å². The van der Waals surface area contributed by atoms with Crippen LogP contribution in [0.25, 0.3) is 0 Å². The van der Waals surface area contributed by atoms with Crippen LogP contribution in [-0.4, -0.2) is 19.7 Å². The number of nitro benzene ring substituents is 4. The highest BCUT2D eigenvalue weighted by molar-refractivity contribution is 5.54. The highest BCUT2D eigenvalue weighted by Crippen LogP contribution is 2.31. The van der Waals surface area contributed by atoms with Gasteiger partial charge >= 0.3 is 0 Å². The van der Waals surface area contributed by atoms with E-state index in [2.05, 4.69) is 6.07 Å². The highest BCUT2D eigenvalue weighted by Gasteiger charge is 2.26. The van der Waals surface area contributed by atoms with E-state index in [0.717, 1.165) is 30.3 Å². The van der Waals surface area contributed by atoms with E-state index in [1.54, 1.807) is 0 Å². The molecular formula is C14H9N4O8. The first-order valence-electron chi connectivity index (χ1n) is 6.96. The summed E-state index contributed by atoms with van der Waals surface area (Å²) in [5, 5.41) is 44.0. The molecule has 1 radical (unpaired) electrons. The summed E-state index contributed by atoms with van der Waals surface area (Å²) in [6.07, 6.45) is -0.406. The maximum atomic E-state index is 11.1. The zero-order valence-electron chi connectivity index (χ0n) is 12.9. The van der Waals surface area contributed by atoms with Gasteiger partial charge in [-0.1, -0.05) is 0 Å². The lowest BCUT2D eigenvalue weighted by Crippen LogP contribution is -2.04. The minimum absolute atomic E-state index is 0.0630. The molecule has 2 aromatic carbocycles. The van der Waals surface area contributed by atoms with E-state index in [-0.39, 0.29) is 24.0 Å². The van der Waals surface area contributed by atoms with E-state index in [9.17, 15) is 40.5 Å². The van der Waals surface area contributed by atoms with Crippen molar-refractivity contribution in [2.24, 2.45) is 0 Å². The molecule has 0 aromatic heterocycles. The van der Waals surface area contributed by atoms with Gasteiger partial charge in [0.05, 0.1) is 31.8 Å². The van der Waals surface area contributed by atoms with Crippen molar-refractivity contribution >= 4 is 22.7 Å². The second-order valence-corrected chi connectivity index (χ2v) is 5.03. The van der Waals surface area contributed by atoms with Crippen molar-refractivity contribution in [1.29, 1.82) is 0 Å². The lowest BCUT2D eigenvalue weighted by atomic mass is 10.00. The van der Waals surface area contributed by atoms with Crippen LogP contribution in [0.1, 0.15) is 11.1 Å². The number of hydrogen-bond acceptors (Lipinski definition) is 8. The first-order valence-corrected chi connectivity index (χ1v) is 6.96. The molecule has 0 aliphatic rings. The molecule has 0 saturated heterocycles. The fourth-order valence-corrected chi connectivity index (χ4v) is 2.40. The molecule has 0 unspecified atom stereocenters. The number of nitrogens with zero attached hydrogens (tertiary/aromatic N) is 4. The van der Waals surface area contributed by atoms with Crippen molar-refractivity contribution in [1.82, 2.24) is 0 Å². The van der Waals surface area contributed by atoms with Crippen LogP contribution in [0.2, 0.25) is 0 Å². The fraction of sp³-hybridized carbons (Fsp3) is 0.143. The zero-order chi connectivity index (χ0) is 19.4. The van der Waals surface area contributed by atoms with E-state index in [4.69, 9.17) is 0 Å². The number of aryl methyl sites for hydroxylation is 1. The summed E-state index contributed by atoms with van der Waals surface area (Å²) in [5.74, 6) is 0. The molecule has 0 amide bonds. The van der Waals surface area contributed by atoms with Crippen molar-refractivity contribution in [3.63, 3.8) is 0 Å². The fourth-order valence-electron chi connectivity index (χ4n) is 2.40. The van der Waals surface area contributed by atoms with Crippen LogP contribution < -0.4 is 0 Å². The molecule has 0 saturated carbocycles. The molecular weight excluding hydrogens is 352 g/mol. The first-order chi connectivity index (χ1) is 12.2. The summed E-state index contributed by atoms with van der Waals surface area (Å²) in [7, 11) is 0. The van der Waals surface area contributed by atoms with E-state index < -0.39 is 42.4 Å².